The monoisotopic (exact) mass is 462 g/mol. The third-order valence-electron chi connectivity index (χ3n) is 6.04. The van der Waals surface area contributed by atoms with Gasteiger partial charge in [0, 0.05) is 23.5 Å². The number of ketones is 1. The number of fused-ring (bicyclic) bond motifs is 1. The summed E-state index contributed by atoms with van der Waals surface area (Å²) >= 11 is 0. The minimum absolute atomic E-state index is 0.119. The summed E-state index contributed by atoms with van der Waals surface area (Å²) in [6, 6.07) is 9.69. The number of hydrogen-bond donors (Lipinski definition) is 0. The normalized spacial score (nSPS) is 12.9. The first-order chi connectivity index (χ1) is 16.3. The Morgan fingerprint density at radius 1 is 1.03 bits per heavy atom. The molecule has 34 heavy (non-hydrogen) atoms. The van der Waals surface area contributed by atoms with E-state index in [1.54, 1.807) is 18.4 Å². The third kappa shape index (κ3) is 4.31. The molecule has 1 aliphatic heterocycles. The van der Waals surface area contributed by atoms with Crippen molar-refractivity contribution in [3.8, 4) is 0 Å². The number of nitrogens with zero attached hydrogens (tertiary/aromatic N) is 2. The number of rotatable bonds is 9. The number of furan rings is 1. The molecule has 0 atom stereocenters. The fourth-order valence-electron chi connectivity index (χ4n) is 4.11. The molecule has 0 N–H and O–H groups in total. The Kier molecular flexibility index (Phi) is 6.49. The maximum atomic E-state index is 12.8. The molecule has 8 heteroatoms. The Balaban J connectivity index is 1.43. The highest BCUT2D eigenvalue weighted by Gasteiger charge is 2.35. The lowest BCUT2D eigenvalue weighted by Crippen LogP contribution is -2.30. The highest BCUT2D eigenvalue weighted by atomic mass is 16.5. The van der Waals surface area contributed by atoms with Gasteiger partial charge in [0.25, 0.3) is 11.8 Å². The molecule has 0 saturated carbocycles. The topological polar surface area (TPSA) is 98.8 Å². The summed E-state index contributed by atoms with van der Waals surface area (Å²) in [5.74, 6) is -1.06. The van der Waals surface area contributed by atoms with Crippen LogP contribution in [0, 0.1) is 13.8 Å². The number of esters is 1. The van der Waals surface area contributed by atoms with Crippen molar-refractivity contribution in [3.05, 3.63) is 82.1 Å². The first-order valence-electron chi connectivity index (χ1n) is 11.2. The van der Waals surface area contributed by atoms with Crippen LogP contribution in [0.3, 0.4) is 0 Å². The van der Waals surface area contributed by atoms with Gasteiger partial charge in [-0.05, 0) is 56.7 Å². The molecular weight excluding hydrogens is 436 g/mol. The van der Waals surface area contributed by atoms with Crippen LogP contribution >= 0.6 is 0 Å². The van der Waals surface area contributed by atoms with E-state index in [9.17, 15) is 19.2 Å². The van der Waals surface area contributed by atoms with Crippen LogP contribution in [0.25, 0.3) is 0 Å². The van der Waals surface area contributed by atoms with Crippen molar-refractivity contribution in [1.29, 1.82) is 0 Å². The molecule has 3 aromatic rings. The average Bonchev–Trinajstić information content (AvgIpc) is 3.51. The third-order valence-corrected chi connectivity index (χ3v) is 6.04. The quantitative estimate of drug-likeness (QED) is 0.269. The lowest BCUT2D eigenvalue weighted by atomic mass is 10.1. The molecule has 4 rings (SSSR count). The number of carbonyl (C=O) groups excluding carboxylic acids is 4. The van der Waals surface area contributed by atoms with Gasteiger partial charge in [-0.15, -0.1) is 0 Å². The number of amides is 2. The smallest absolute Gasteiger partial charge is 0.338 e. The Hall–Kier alpha value is -3.94. The van der Waals surface area contributed by atoms with Gasteiger partial charge in [0.1, 0.15) is 5.76 Å². The molecule has 176 valence electrons. The van der Waals surface area contributed by atoms with Gasteiger partial charge in [0.15, 0.2) is 6.61 Å². The summed E-state index contributed by atoms with van der Waals surface area (Å²) < 4.78 is 12.6. The molecule has 0 saturated heterocycles. The predicted octanol–water partition coefficient (Wildman–Crippen LogP) is 4.18. The van der Waals surface area contributed by atoms with Crippen molar-refractivity contribution in [1.82, 2.24) is 9.47 Å². The van der Waals surface area contributed by atoms with Crippen LogP contribution in [0.5, 0.6) is 0 Å². The maximum absolute atomic E-state index is 12.8. The standard InChI is InChI=1S/C26H26N2O6/c1-4-5-10-27-24(30)20-9-8-18(13-22(20)25(27)31)26(32)34-15-23(29)21-12-16(2)28(17(21)3)14-19-7-6-11-33-19/h6-9,11-13H,4-5,10,14-15H2,1-3H3. The minimum Gasteiger partial charge on any atom is -0.467 e. The summed E-state index contributed by atoms with van der Waals surface area (Å²) in [5.41, 5.74) is 2.69. The largest absolute Gasteiger partial charge is 0.467 e. The number of hydrogen-bond acceptors (Lipinski definition) is 6. The van der Waals surface area contributed by atoms with E-state index < -0.39 is 18.5 Å². The lowest BCUT2D eigenvalue weighted by molar-refractivity contribution is 0.0474. The molecule has 3 heterocycles. The lowest BCUT2D eigenvalue weighted by Gasteiger charge is -2.12. The summed E-state index contributed by atoms with van der Waals surface area (Å²) in [5, 5.41) is 0. The molecule has 8 nitrogen and oxygen atoms in total. The Bertz CT molecular complexity index is 1270. The number of unbranched alkanes of at least 4 members (excludes halogenated alkanes) is 1. The molecule has 0 spiro atoms. The molecule has 0 bridgehead atoms. The summed E-state index contributed by atoms with van der Waals surface area (Å²) in [6.45, 7) is 6.11. The van der Waals surface area contributed by atoms with Gasteiger partial charge in [0.2, 0.25) is 5.78 Å². The zero-order valence-electron chi connectivity index (χ0n) is 19.4. The number of aromatic nitrogens is 1. The Labute approximate surface area is 197 Å². The molecule has 2 aromatic heterocycles. The van der Waals surface area contributed by atoms with E-state index >= 15 is 0 Å². The van der Waals surface area contributed by atoms with E-state index in [1.807, 2.05) is 31.4 Å². The van der Waals surface area contributed by atoms with Gasteiger partial charge < -0.3 is 13.7 Å². The highest BCUT2D eigenvalue weighted by molar-refractivity contribution is 6.22. The molecule has 1 aromatic carbocycles. The second kappa shape index (κ2) is 9.51. The molecule has 0 fully saturated rings. The van der Waals surface area contributed by atoms with Gasteiger partial charge >= 0.3 is 5.97 Å². The van der Waals surface area contributed by atoms with E-state index in [0.717, 1.165) is 23.6 Å². The van der Waals surface area contributed by atoms with E-state index in [4.69, 9.17) is 9.15 Å². The molecule has 0 radical (unpaired) electrons. The van der Waals surface area contributed by atoms with Crippen LogP contribution in [-0.4, -0.2) is 46.2 Å². The molecule has 0 unspecified atom stereocenters. The van der Waals surface area contributed by atoms with Crippen molar-refractivity contribution in [3.63, 3.8) is 0 Å². The van der Waals surface area contributed by atoms with Gasteiger partial charge in [-0.2, -0.15) is 0 Å². The van der Waals surface area contributed by atoms with Crippen LogP contribution in [-0.2, 0) is 11.3 Å². The summed E-state index contributed by atoms with van der Waals surface area (Å²) in [6.07, 6.45) is 3.16. The van der Waals surface area contributed by atoms with Gasteiger partial charge in [0.05, 0.1) is 29.5 Å². The van der Waals surface area contributed by atoms with Gasteiger partial charge in [-0.3, -0.25) is 19.3 Å². The first-order valence-corrected chi connectivity index (χ1v) is 11.2. The molecular formula is C26H26N2O6. The van der Waals surface area contributed by atoms with Crippen molar-refractivity contribution in [2.24, 2.45) is 0 Å². The van der Waals surface area contributed by atoms with Crippen molar-refractivity contribution >= 4 is 23.6 Å². The number of benzene rings is 1. The van der Waals surface area contributed by atoms with Crippen LogP contribution in [0.15, 0.2) is 47.1 Å². The number of ether oxygens (including phenoxy) is 1. The highest BCUT2D eigenvalue weighted by Crippen LogP contribution is 2.25. The van der Waals surface area contributed by atoms with E-state index in [0.29, 0.717) is 25.1 Å². The summed E-state index contributed by atoms with van der Waals surface area (Å²) in [4.78, 5) is 51.6. The van der Waals surface area contributed by atoms with Crippen LogP contribution in [0.1, 0.15) is 78.3 Å². The van der Waals surface area contributed by atoms with Crippen molar-refractivity contribution in [2.75, 3.05) is 13.2 Å². The number of Topliss-reactive ketones (excluding diaryl/α,β-unsaturated/α-hetero) is 1. The van der Waals surface area contributed by atoms with Crippen LogP contribution in [0.4, 0.5) is 0 Å². The van der Waals surface area contributed by atoms with E-state index in [2.05, 4.69) is 0 Å². The van der Waals surface area contributed by atoms with E-state index in [-0.39, 0.29) is 28.4 Å². The van der Waals surface area contributed by atoms with Crippen molar-refractivity contribution < 1.29 is 28.3 Å². The SMILES string of the molecule is CCCCN1C(=O)c2ccc(C(=O)OCC(=O)c3cc(C)n(Cc4ccco4)c3C)cc2C1=O. The zero-order valence-corrected chi connectivity index (χ0v) is 19.4. The van der Waals surface area contributed by atoms with E-state index in [1.165, 1.54) is 23.1 Å². The van der Waals surface area contributed by atoms with Crippen LogP contribution < -0.4 is 0 Å². The molecule has 2 amide bonds. The predicted molar refractivity (Wildman–Crippen MR) is 123 cm³/mol. The van der Waals surface area contributed by atoms with Gasteiger partial charge in [-0.1, -0.05) is 13.3 Å². The van der Waals surface area contributed by atoms with Gasteiger partial charge in [-0.25, -0.2) is 4.79 Å². The molecule has 1 aliphatic rings. The fourth-order valence-corrected chi connectivity index (χ4v) is 4.11. The minimum atomic E-state index is -0.729. The fraction of sp³-hybridized carbons (Fsp3) is 0.308. The average molecular weight is 463 g/mol. The van der Waals surface area contributed by atoms with Crippen molar-refractivity contribution in [2.45, 2.75) is 40.2 Å². The Morgan fingerprint density at radius 3 is 2.50 bits per heavy atom. The van der Waals surface area contributed by atoms with Crippen LogP contribution in [0.2, 0.25) is 0 Å². The second-order valence-corrected chi connectivity index (χ2v) is 8.33. The summed E-state index contributed by atoms with van der Waals surface area (Å²) in [7, 11) is 0. The molecule has 0 aliphatic carbocycles. The second-order valence-electron chi connectivity index (χ2n) is 8.33. The number of aryl methyl sites for hydroxylation is 1. The zero-order chi connectivity index (χ0) is 24.4. The number of carbonyl (C=O) groups is 4. The Morgan fingerprint density at radius 2 is 1.79 bits per heavy atom. The number of imide groups is 1. The first kappa shape index (κ1) is 23.2. The maximum Gasteiger partial charge on any atom is 0.338 e.